The number of hydrogen-bond donors (Lipinski definition) is 1. The lowest BCUT2D eigenvalue weighted by atomic mass is 9.71. The van der Waals surface area contributed by atoms with Crippen molar-refractivity contribution in [3.05, 3.63) is 24.3 Å². The predicted octanol–water partition coefficient (Wildman–Crippen LogP) is 3.73. The zero-order valence-corrected chi connectivity index (χ0v) is 14.0. The largest absolute Gasteiger partial charge is 0.423 e. The Morgan fingerprint density at radius 1 is 1.12 bits per heavy atom. The average Bonchev–Trinajstić information content (AvgIpc) is 3.21. The van der Waals surface area contributed by atoms with Crippen LogP contribution in [-0.2, 0) is 4.79 Å². The predicted molar refractivity (Wildman–Crippen MR) is 96.0 cm³/mol. The Morgan fingerprint density at radius 2 is 1.96 bits per heavy atom. The number of nitrogens with one attached hydrogen (secondary N) is 1. The van der Waals surface area contributed by atoms with Gasteiger partial charge in [0, 0.05) is 12.1 Å². The first kappa shape index (κ1) is 14.8. The van der Waals surface area contributed by atoms with Crippen LogP contribution in [0.15, 0.2) is 38.7 Å². The van der Waals surface area contributed by atoms with E-state index < -0.39 is 0 Å². The molecular formula is C19H20N4O2. The Labute approximate surface area is 145 Å². The molecule has 0 bridgehead atoms. The van der Waals surface area contributed by atoms with Crippen molar-refractivity contribution in [1.29, 1.82) is 0 Å². The number of para-hydroxylation sites is 2. The first-order valence-electron chi connectivity index (χ1n) is 9.06. The van der Waals surface area contributed by atoms with Crippen molar-refractivity contribution in [3.63, 3.8) is 0 Å². The summed E-state index contributed by atoms with van der Waals surface area (Å²) in [5, 5.41) is 3.14. The maximum atomic E-state index is 12.6. The van der Waals surface area contributed by atoms with Crippen molar-refractivity contribution in [2.45, 2.75) is 50.5 Å². The van der Waals surface area contributed by atoms with E-state index in [1.807, 2.05) is 24.3 Å². The molecule has 1 spiro atoms. The molecule has 1 atom stereocenters. The fraction of sp³-hybridized carbons (Fsp3) is 0.474. The Kier molecular flexibility index (Phi) is 3.26. The van der Waals surface area contributed by atoms with Gasteiger partial charge in [0.05, 0.1) is 11.5 Å². The van der Waals surface area contributed by atoms with Crippen LogP contribution >= 0.6 is 0 Å². The molecular weight excluding hydrogens is 316 g/mol. The highest BCUT2D eigenvalue weighted by Gasteiger charge is 2.50. The summed E-state index contributed by atoms with van der Waals surface area (Å²) in [4.78, 5) is 26.6. The number of aliphatic imine (C=N–C) groups is 2. The van der Waals surface area contributed by atoms with Crippen molar-refractivity contribution in [2.75, 3.05) is 5.32 Å². The second-order valence-electron chi connectivity index (χ2n) is 7.21. The van der Waals surface area contributed by atoms with Gasteiger partial charge >= 0.3 is 6.01 Å². The fourth-order valence-electron chi connectivity index (χ4n) is 4.55. The monoisotopic (exact) mass is 336 g/mol. The third kappa shape index (κ3) is 2.39. The Balaban J connectivity index is 1.52. The molecule has 1 aromatic heterocycles. The fourth-order valence-corrected chi connectivity index (χ4v) is 4.55. The minimum absolute atomic E-state index is 0.113. The molecule has 3 aliphatic rings. The van der Waals surface area contributed by atoms with Crippen LogP contribution in [0, 0.1) is 5.92 Å². The van der Waals surface area contributed by atoms with Crippen LogP contribution in [-0.4, -0.2) is 28.0 Å². The van der Waals surface area contributed by atoms with Gasteiger partial charge in [-0.25, -0.2) is 9.98 Å². The zero-order chi connectivity index (χ0) is 16.9. The number of ketones is 1. The number of oxazole rings is 1. The lowest BCUT2D eigenvalue weighted by Crippen LogP contribution is -2.49. The number of carbonyl (C=O) groups excluding carboxylic acids is 1. The minimum Gasteiger partial charge on any atom is -0.423 e. The highest BCUT2D eigenvalue weighted by atomic mass is 16.4. The highest BCUT2D eigenvalue weighted by molar-refractivity contribution is 6.15. The first-order valence-corrected chi connectivity index (χ1v) is 9.06. The average molecular weight is 336 g/mol. The number of hydrogen-bond acceptors (Lipinski definition) is 6. The lowest BCUT2D eigenvalue weighted by molar-refractivity contribution is -0.123. The van der Waals surface area contributed by atoms with Gasteiger partial charge in [-0.15, -0.1) is 0 Å². The molecule has 6 heteroatoms. The van der Waals surface area contributed by atoms with Gasteiger partial charge in [0.1, 0.15) is 11.3 Å². The van der Waals surface area contributed by atoms with E-state index in [1.165, 1.54) is 0 Å². The van der Waals surface area contributed by atoms with Crippen LogP contribution in [0.2, 0.25) is 0 Å². The molecule has 1 N–H and O–H groups in total. The molecule has 128 valence electrons. The van der Waals surface area contributed by atoms with Crippen molar-refractivity contribution >= 4 is 34.6 Å². The van der Waals surface area contributed by atoms with Crippen molar-refractivity contribution in [2.24, 2.45) is 15.9 Å². The van der Waals surface area contributed by atoms with E-state index >= 15 is 0 Å². The van der Waals surface area contributed by atoms with Gasteiger partial charge in [0.25, 0.3) is 0 Å². The first-order chi connectivity index (χ1) is 12.2. The Hall–Kier alpha value is -2.50. The lowest BCUT2D eigenvalue weighted by Gasteiger charge is -2.39. The third-order valence-corrected chi connectivity index (χ3v) is 5.61. The molecule has 1 aromatic carbocycles. The van der Waals surface area contributed by atoms with E-state index in [2.05, 4.69) is 15.3 Å². The van der Waals surface area contributed by atoms with Crippen molar-refractivity contribution < 1.29 is 9.21 Å². The van der Waals surface area contributed by atoms with Gasteiger partial charge in [-0.05, 0) is 37.8 Å². The topological polar surface area (TPSA) is 79.9 Å². The van der Waals surface area contributed by atoms with Crippen LogP contribution < -0.4 is 5.32 Å². The Bertz CT molecular complexity index is 872. The maximum absolute atomic E-state index is 12.6. The number of nitrogens with zero attached hydrogens (tertiary/aromatic N) is 3. The smallest absolute Gasteiger partial charge is 0.302 e. The number of anilines is 1. The second kappa shape index (κ2) is 5.51. The standard InChI is InChI=1S/C19H20N4O2/c24-14-8-5-7-13-16(14)19(10-3-4-11-19)23-17(20-13)22-18-21-12-6-1-2-9-15(12)25-18/h1-2,6,9,16H,3-5,7-8,10-11H2,(H,21,22,23). The molecule has 2 heterocycles. The van der Waals surface area contributed by atoms with E-state index in [0.29, 0.717) is 24.2 Å². The molecule has 2 fully saturated rings. The van der Waals surface area contributed by atoms with Gasteiger partial charge in [-0.3, -0.25) is 10.1 Å². The summed E-state index contributed by atoms with van der Waals surface area (Å²) in [6.07, 6.45) is 6.59. The number of Topliss-reactive ketones (excluding diaryl/α,β-unsaturated/α-hetero) is 1. The molecule has 0 radical (unpaired) electrons. The van der Waals surface area contributed by atoms with Gasteiger partial charge in [0.2, 0.25) is 5.96 Å². The van der Waals surface area contributed by atoms with Crippen molar-refractivity contribution in [1.82, 2.24) is 4.98 Å². The van der Waals surface area contributed by atoms with E-state index in [9.17, 15) is 4.79 Å². The molecule has 2 aliphatic carbocycles. The molecule has 1 aliphatic heterocycles. The molecule has 2 aromatic rings. The summed E-state index contributed by atoms with van der Waals surface area (Å²) >= 11 is 0. The molecule has 6 nitrogen and oxygen atoms in total. The highest BCUT2D eigenvalue weighted by Crippen LogP contribution is 2.45. The Morgan fingerprint density at radius 3 is 2.80 bits per heavy atom. The minimum atomic E-state index is -0.303. The van der Waals surface area contributed by atoms with Crippen LogP contribution in [0.25, 0.3) is 11.1 Å². The van der Waals surface area contributed by atoms with Gasteiger partial charge in [-0.2, -0.15) is 4.98 Å². The molecule has 25 heavy (non-hydrogen) atoms. The quantitative estimate of drug-likeness (QED) is 0.860. The summed E-state index contributed by atoms with van der Waals surface area (Å²) in [5.41, 5.74) is 2.22. The SMILES string of the molecule is O=C1CCCC2=NC(Nc3nc4ccccc4o3)=NC3(CCCC3)C12. The molecule has 0 amide bonds. The normalized spacial score (nSPS) is 25.0. The molecule has 5 rings (SSSR count). The number of rotatable bonds is 1. The summed E-state index contributed by atoms with van der Waals surface area (Å²) in [6.45, 7) is 0. The summed E-state index contributed by atoms with van der Waals surface area (Å²) in [6, 6.07) is 8.04. The van der Waals surface area contributed by atoms with Crippen LogP contribution in [0.4, 0.5) is 6.01 Å². The van der Waals surface area contributed by atoms with Crippen LogP contribution in [0.5, 0.6) is 0 Å². The third-order valence-electron chi connectivity index (χ3n) is 5.61. The molecule has 0 saturated heterocycles. The summed E-state index contributed by atoms with van der Waals surface area (Å²) in [7, 11) is 0. The zero-order valence-electron chi connectivity index (χ0n) is 14.0. The number of fused-ring (bicyclic) bond motifs is 3. The van der Waals surface area contributed by atoms with Gasteiger partial charge in [-0.1, -0.05) is 25.0 Å². The molecule has 1 unspecified atom stereocenters. The summed E-state index contributed by atoms with van der Waals surface area (Å²) in [5.74, 6) is 0.740. The van der Waals surface area contributed by atoms with E-state index in [-0.39, 0.29) is 11.5 Å². The maximum Gasteiger partial charge on any atom is 0.302 e. The number of carbonyl (C=O) groups is 1. The van der Waals surface area contributed by atoms with Crippen LogP contribution in [0.1, 0.15) is 44.9 Å². The second-order valence-corrected chi connectivity index (χ2v) is 7.21. The summed E-state index contributed by atoms with van der Waals surface area (Å²) < 4.78 is 5.74. The molecule has 2 saturated carbocycles. The van der Waals surface area contributed by atoms with Gasteiger partial charge < -0.3 is 4.42 Å². The van der Waals surface area contributed by atoms with Gasteiger partial charge in [0.15, 0.2) is 5.58 Å². The number of benzene rings is 1. The van der Waals surface area contributed by atoms with E-state index in [4.69, 9.17) is 9.41 Å². The number of aromatic nitrogens is 1. The van der Waals surface area contributed by atoms with Crippen LogP contribution in [0.3, 0.4) is 0 Å². The number of guanidine groups is 1. The van der Waals surface area contributed by atoms with Crippen molar-refractivity contribution in [3.8, 4) is 0 Å². The van der Waals surface area contributed by atoms with E-state index in [1.54, 1.807) is 0 Å². The van der Waals surface area contributed by atoms with E-state index in [0.717, 1.165) is 55.3 Å².